The summed E-state index contributed by atoms with van der Waals surface area (Å²) in [5.41, 5.74) is 11.4. The number of hydrogen-bond acceptors (Lipinski definition) is 7. The Kier molecular flexibility index (Phi) is 5.72. The topological polar surface area (TPSA) is 119 Å². The lowest BCUT2D eigenvalue weighted by Crippen LogP contribution is -2.23. The molecule has 2 atom stereocenters. The van der Waals surface area contributed by atoms with Crippen LogP contribution in [-0.4, -0.2) is 36.5 Å². The molecule has 0 bridgehead atoms. The average molecular weight is 487 g/mol. The minimum absolute atomic E-state index is 0.425. The molecule has 3 aromatic heterocycles. The largest absolute Gasteiger partial charge is 0.481 e. The number of nitrogens with two attached hydrogens (primary N) is 1. The zero-order valence-corrected chi connectivity index (χ0v) is 20.8. The molecule has 0 fully saturated rings. The number of benzene rings is 1. The highest BCUT2D eigenvalue weighted by atomic mass is 32.1. The number of fused-ring (bicyclic) bond motifs is 3. The Labute approximate surface area is 207 Å². The Balaban J connectivity index is 1.72. The van der Waals surface area contributed by atoms with Gasteiger partial charge in [0.1, 0.15) is 22.7 Å². The number of nitrogens with zero attached hydrogens (tertiary/aromatic N) is 5. The third-order valence-corrected chi connectivity index (χ3v) is 7.74. The molecule has 4 aromatic rings. The lowest BCUT2D eigenvalue weighted by Gasteiger charge is -2.18. The maximum atomic E-state index is 12.2. The maximum absolute atomic E-state index is 12.2. The molecule has 1 aliphatic rings. The van der Waals surface area contributed by atoms with Crippen LogP contribution in [0.15, 0.2) is 47.5 Å². The molecule has 1 aromatic carbocycles. The van der Waals surface area contributed by atoms with Crippen molar-refractivity contribution in [3.8, 4) is 16.3 Å². The number of pyridine rings is 1. The molecule has 1 aliphatic heterocycles. The lowest BCUT2D eigenvalue weighted by molar-refractivity contribution is -0.142. The van der Waals surface area contributed by atoms with E-state index in [1.54, 1.807) is 17.4 Å². The van der Waals surface area contributed by atoms with Crippen molar-refractivity contribution in [1.29, 1.82) is 0 Å². The van der Waals surface area contributed by atoms with Crippen molar-refractivity contribution >= 4 is 28.8 Å². The number of aliphatic carboxylic acids is 1. The SMILES string of the molecule is CC[C@H](C(=O)O)C1N=C(c2ccc(-c3cccc(N)n3)cc2)c2c(sc(C)c2C)-n2c(C)nnc21. The van der Waals surface area contributed by atoms with Gasteiger partial charge in [-0.1, -0.05) is 37.3 Å². The van der Waals surface area contributed by atoms with Crippen molar-refractivity contribution in [3.05, 3.63) is 75.7 Å². The van der Waals surface area contributed by atoms with E-state index in [1.807, 2.05) is 54.8 Å². The number of aliphatic imine (C=N–C) groups is 1. The molecule has 0 radical (unpaired) electrons. The minimum atomic E-state index is -0.894. The summed E-state index contributed by atoms with van der Waals surface area (Å²) in [4.78, 5) is 22.9. The molecule has 178 valence electrons. The number of hydrogen-bond donors (Lipinski definition) is 2. The Hall–Kier alpha value is -3.85. The molecule has 0 amide bonds. The smallest absolute Gasteiger partial charge is 0.309 e. The summed E-state index contributed by atoms with van der Waals surface area (Å²) in [7, 11) is 0. The van der Waals surface area contributed by atoms with Gasteiger partial charge in [-0.05, 0) is 44.9 Å². The monoisotopic (exact) mass is 486 g/mol. The Morgan fingerprint density at radius 3 is 2.49 bits per heavy atom. The number of aromatic nitrogens is 4. The average Bonchev–Trinajstić information content (AvgIpc) is 3.31. The molecule has 9 heteroatoms. The van der Waals surface area contributed by atoms with Crippen molar-refractivity contribution in [2.45, 2.75) is 40.2 Å². The van der Waals surface area contributed by atoms with E-state index in [2.05, 4.69) is 29.0 Å². The number of thiophene rings is 1. The van der Waals surface area contributed by atoms with Crippen molar-refractivity contribution in [1.82, 2.24) is 19.7 Å². The first-order valence-electron chi connectivity index (χ1n) is 11.5. The number of carbonyl (C=O) groups is 1. The van der Waals surface area contributed by atoms with Crippen LogP contribution in [0.5, 0.6) is 0 Å². The Bertz CT molecular complexity index is 1470. The number of nitrogen functional groups attached to an aromatic ring is 1. The van der Waals surface area contributed by atoms with Crippen LogP contribution in [0.3, 0.4) is 0 Å². The van der Waals surface area contributed by atoms with Crippen LogP contribution in [0.1, 0.15) is 52.6 Å². The first-order chi connectivity index (χ1) is 16.8. The molecular formula is C26H26N6O2S. The Morgan fingerprint density at radius 1 is 1.11 bits per heavy atom. The number of rotatable bonds is 5. The highest BCUT2D eigenvalue weighted by molar-refractivity contribution is 7.15. The second-order valence-corrected chi connectivity index (χ2v) is 9.91. The van der Waals surface area contributed by atoms with Gasteiger partial charge < -0.3 is 10.8 Å². The summed E-state index contributed by atoms with van der Waals surface area (Å²) < 4.78 is 1.98. The third kappa shape index (κ3) is 3.81. The highest BCUT2D eigenvalue weighted by Gasteiger charge is 2.37. The fraction of sp³-hybridized carbons (Fsp3) is 0.269. The first-order valence-corrected chi connectivity index (χ1v) is 12.3. The van der Waals surface area contributed by atoms with E-state index in [0.717, 1.165) is 38.7 Å². The van der Waals surface area contributed by atoms with E-state index in [1.165, 1.54) is 4.88 Å². The second-order valence-electron chi connectivity index (χ2n) is 8.70. The molecule has 4 heterocycles. The molecule has 5 rings (SSSR count). The lowest BCUT2D eigenvalue weighted by atomic mass is 9.95. The van der Waals surface area contributed by atoms with E-state index in [4.69, 9.17) is 10.7 Å². The fourth-order valence-electron chi connectivity index (χ4n) is 4.56. The summed E-state index contributed by atoms with van der Waals surface area (Å²) in [5, 5.41) is 19.7. The number of carboxylic acids is 1. The van der Waals surface area contributed by atoms with Gasteiger partial charge in [-0.3, -0.25) is 14.4 Å². The fourth-order valence-corrected chi connectivity index (χ4v) is 5.77. The Morgan fingerprint density at radius 2 is 1.83 bits per heavy atom. The number of aryl methyl sites for hydroxylation is 2. The van der Waals surface area contributed by atoms with Gasteiger partial charge in [0.25, 0.3) is 0 Å². The van der Waals surface area contributed by atoms with Crippen molar-refractivity contribution in [3.63, 3.8) is 0 Å². The number of carboxylic acid groups (broad SMARTS) is 1. The zero-order valence-electron chi connectivity index (χ0n) is 20.0. The second kappa shape index (κ2) is 8.74. The van der Waals surface area contributed by atoms with Gasteiger partial charge in [-0.2, -0.15) is 0 Å². The van der Waals surface area contributed by atoms with Gasteiger partial charge in [0.2, 0.25) is 0 Å². The molecule has 35 heavy (non-hydrogen) atoms. The normalized spacial score (nSPS) is 15.7. The van der Waals surface area contributed by atoms with Gasteiger partial charge in [-0.15, -0.1) is 21.5 Å². The summed E-state index contributed by atoms with van der Waals surface area (Å²) >= 11 is 1.65. The highest BCUT2D eigenvalue weighted by Crippen LogP contribution is 2.41. The summed E-state index contributed by atoms with van der Waals surface area (Å²) in [5.74, 6) is 0.129. The van der Waals surface area contributed by atoms with Crippen LogP contribution in [0.2, 0.25) is 0 Å². The van der Waals surface area contributed by atoms with Gasteiger partial charge >= 0.3 is 5.97 Å². The predicted molar refractivity (Wildman–Crippen MR) is 137 cm³/mol. The molecular weight excluding hydrogens is 460 g/mol. The van der Waals surface area contributed by atoms with Gasteiger partial charge in [0, 0.05) is 21.6 Å². The molecule has 1 unspecified atom stereocenters. The standard InChI is InChI=1S/C26H26N6O2S/c1-5-18(26(33)34)23-24-31-30-15(4)32(24)25-21(13(2)14(3)35-25)22(29-23)17-11-9-16(10-12-17)19-7-6-8-20(27)28-19/h6-12,18,23H,5H2,1-4H3,(H2,27,28)(H,33,34)/t18-,23?/m0/s1. The van der Waals surface area contributed by atoms with Crippen LogP contribution in [-0.2, 0) is 4.79 Å². The maximum Gasteiger partial charge on any atom is 0.309 e. The van der Waals surface area contributed by atoms with Gasteiger partial charge in [0.05, 0.1) is 17.3 Å². The van der Waals surface area contributed by atoms with Crippen LogP contribution < -0.4 is 5.73 Å². The van der Waals surface area contributed by atoms with Crippen LogP contribution >= 0.6 is 11.3 Å². The van der Waals surface area contributed by atoms with E-state index in [-0.39, 0.29) is 0 Å². The van der Waals surface area contributed by atoms with Crippen LogP contribution in [0.4, 0.5) is 5.82 Å². The molecule has 0 saturated heterocycles. The molecule has 0 saturated carbocycles. The summed E-state index contributed by atoms with van der Waals surface area (Å²) in [6.45, 7) is 7.93. The number of anilines is 1. The first kappa shape index (κ1) is 22.9. The van der Waals surface area contributed by atoms with Gasteiger partial charge in [0.15, 0.2) is 5.82 Å². The summed E-state index contributed by atoms with van der Waals surface area (Å²) in [6.07, 6.45) is 0.425. The van der Waals surface area contributed by atoms with Crippen molar-refractivity contribution in [2.24, 2.45) is 10.9 Å². The van der Waals surface area contributed by atoms with E-state index < -0.39 is 17.9 Å². The molecule has 0 spiro atoms. The predicted octanol–water partition coefficient (Wildman–Crippen LogP) is 4.90. The minimum Gasteiger partial charge on any atom is -0.481 e. The van der Waals surface area contributed by atoms with Crippen molar-refractivity contribution in [2.75, 3.05) is 5.73 Å². The van der Waals surface area contributed by atoms with Gasteiger partial charge in [-0.25, -0.2) is 4.98 Å². The van der Waals surface area contributed by atoms with E-state index in [9.17, 15) is 9.90 Å². The summed E-state index contributed by atoms with van der Waals surface area (Å²) in [6, 6.07) is 12.9. The van der Waals surface area contributed by atoms with E-state index in [0.29, 0.717) is 23.9 Å². The zero-order chi connectivity index (χ0) is 24.9. The quantitative estimate of drug-likeness (QED) is 0.414. The molecule has 8 nitrogen and oxygen atoms in total. The van der Waals surface area contributed by atoms with E-state index >= 15 is 0 Å². The third-order valence-electron chi connectivity index (χ3n) is 6.55. The van der Waals surface area contributed by atoms with Crippen LogP contribution in [0, 0.1) is 26.7 Å². The molecule has 3 N–H and O–H groups in total. The molecule has 0 aliphatic carbocycles. The van der Waals surface area contributed by atoms with Crippen LogP contribution in [0.25, 0.3) is 16.3 Å². The van der Waals surface area contributed by atoms with Crippen molar-refractivity contribution < 1.29 is 9.90 Å².